The molecule has 0 spiro atoms. The summed E-state index contributed by atoms with van der Waals surface area (Å²) in [5.41, 5.74) is 1.47. The number of hydrogen-bond donors (Lipinski definition) is 1. The number of oxazole rings is 1. The molecule has 172 valence electrons. The van der Waals surface area contributed by atoms with E-state index in [1.165, 1.54) is 29.6 Å². The van der Waals surface area contributed by atoms with Gasteiger partial charge in [-0.1, -0.05) is 23.2 Å². The van der Waals surface area contributed by atoms with Crippen molar-refractivity contribution in [1.82, 2.24) is 23.7 Å². The Labute approximate surface area is 201 Å². The molecular weight excluding hydrogens is 483 g/mol. The monoisotopic (exact) mass is 498 g/mol. The molecule has 0 aliphatic rings. The van der Waals surface area contributed by atoms with Crippen LogP contribution in [0.5, 0.6) is 0 Å². The molecular formula is C22H16Cl2N6O4. The summed E-state index contributed by atoms with van der Waals surface area (Å²) in [5.74, 6) is -0.0521. The summed E-state index contributed by atoms with van der Waals surface area (Å²) in [6.45, 7) is -0.153. The number of anilines is 1. The van der Waals surface area contributed by atoms with Crippen LogP contribution in [0.1, 0.15) is 0 Å². The number of aromatic nitrogens is 5. The highest BCUT2D eigenvalue weighted by atomic mass is 35.5. The van der Waals surface area contributed by atoms with Crippen molar-refractivity contribution in [3.05, 3.63) is 73.6 Å². The Morgan fingerprint density at radius 1 is 1.09 bits per heavy atom. The fourth-order valence-electron chi connectivity index (χ4n) is 3.69. The van der Waals surface area contributed by atoms with Gasteiger partial charge in [0.1, 0.15) is 17.7 Å². The van der Waals surface area contributed by atoms with Crippen LogP contribution in [-0.4, -0.2) is 29.6 Å². The number of carbonyl (C=O) groups excluding carboxylic acids is 1. The van der Waals surface area contributed by atoms with Crippen LogP contribution in [0.3, 0.4) is 0 Å². The number of rotatable bonds is 4. The molecule has 0 atom stereocenters. The van der Waals surface area contributed by atoms with E-state index in [0.717, 1.165) is 4.57 Å². The summed E-state index contributed by atoms with van der Waals surface area (Å²) in [7, 11) is 2.89. The van der Waals surface area contributed by atoms with Crippen LogP contribution in [0.25, 0.3) is 33.7 Å². The first kappa shape index (κ1) is 21.9. The normalized spacial score (nSPS) is 11.4. The van der Waals surface area contributed by atoms with Crippen molar-refractivity contribution < 1.29 is 9.21 Å². The van der Waals surface area contributed by atoms with Gasteiger partial charge in [0.2, 0.25) is 11.8 Å². The lowest BCUT2D eigenvalue weighted by atomic mass is 10.2. The van der Waals surface area contributed by atoms with Gasteiger partial charge in [-0.05, 0) is 36.4 Å². The lowest BCUT2D eigenvalue weighted by molar-refractivity contribution is -0.116. The Balaban J connectivity index is 1.41. The van der Waals surface area contributed by atoms with Crippen LogP contribution in [0.4, 0.5) is 5.69 Å². The first-order chi connectivity index (χ1) is 16.2. The molecule has 1 amide bonds. The van der Waals surface area contributed by atoms with Gasteiger partial charge < -0.3 is 14.3 Å². The largest absolute Gasteiger partial charge is 0.436 e. The molecule has 12 heteroatoms. The molecule has 0 saturated carbocycles. The van der Waals surface area contributed by atoms with Gasteiger partial charge in [0.15, 0.2) is 11.1 Å². The zero-order chi connectivity index (χ0) is 24.1. The number of imidazole rings is 1. The highest BCUT2D eigenvalue weighted by Gasteiger charge is 2.17. The van der Waals surface area contributed by atoms with E-state index in [9.17, 15) is 14.4 Å². The number of aryl methyl sites for hydroxylation is 1. The summed E-state index contributed by atoms with van der Waals surface area (Å²) in [6, 6.07) is 10.0. The Bertz CT molecular complexity index is 1730. The van der Waals surface area contributed by atoms with Gasteiger partial charge in [-0.15, -0.1) is 0 Å². The Morgan fingerprint density at radius 2 is 1.88 bits per heavy atom. The highest BCUT2D eigenvalue weighted by Crippen LogP contribution is 2.32. The maximum absolute atomic E-state index is 12.7. The highest BCUT2D eigenvalue weighted by molar-refractivity contribution is 6.36. The van der Waals surface area contributed by atoms with Gasteiger partial charge in [-0.3, -0.25) is 18.7 Å². The molecule has 2 aromatic carbocycles. The first-order valence-corrected chi connectivity index (χ1v) is 10.8. The van der Waals surface area contributed by atoms with Crippen molar-refractivity contribution in [2.75, 3.05) is 5.32 Å². The molecule has 0 unspecified atom stereocenters. The molecule has 1 N–H and O–H groups in total. The number of carbonyl (C=O) groups is 1. The summed E-state index contributed by atoms with van der Waals surface area (Å²) in [5, 5.41) is 3.69. The number of benzene rings is 2. The van der Waals surface area contributed by atoms with Gasteiger partial charge in [-0.25, -0.2) is 14.8 Å². The van der Waals surface area contributed by atoms with Gasteiger partial charge in [0.25, 0.3) is 5.56 Å². The predicted octanol–water partition coefficient (Wildman–Crippen LogP) is 3.19. The fraction of sp³-hybridized carbons (Fsp3) is 0.136. The first-order valence-electron chi connectivity index (χ1n) is 9.99. The minimum Gasteiger partial charge on any atom is -0.436 e. The average molecular weight is 499 g/mol. The third-order valence-electron chi connectivity index (χ3n) is 5.36. The molecule has 3 heterocycles. The smallest absolute Gasteiger partial charge is 0.332 e. The number of halogens is 2. The number of hydrogen-bond acceptors (Lipinski definition) is 6. The standard InChI is InChI=1S/C22H16Cl2N6O4/c1-28-20-18(21(32)29(2)22(28)33)25-10-30(20)9-17(31)26-12-4-6-16-15(8-12)27-19(34-16)13-5-3-11(23)7-14(13)24/h3-8,10H,9H2,1-2H3,(H,26,31). The SMILES string of the molecule is Cn1c(=O)c2ncn(CC(=O)Nc3ccc4oc(-c5ccc(Cl)cc5Cl)nc4c3)c2n(C)c1=O. The molecule has 3 aromatic heterocycles. The van der Waals surface area contributed by atoms with Crippen molar-refractivity contribution in [2.24, 2.45) is 14.1 Å². The summed E-state index contributed by atoms with van der Waals surface area (Å²) in [6.07, 6.45) is 1.36. The van der Waals surface area contributed by atoms with Crippen molar-refractivity contribution in [2.45, 2.75) is 6.54 Å². The second kappa shape index (κ2) is 8.15. The van der Waals surface area contributed by atoms with Crippen LogP contribution in [0.15, 0.2) is 56.7 Å². The minimum atomic E-state index is -0.523. The summed E-state index contributed by atoms with van der Waals surface area (Å²) >= 11 is 12.2. The van der Waals surface area contributed by atoms with E-state index in [-0.39, 0.29) is 23.6 Å². The zero-order valence-electron chi connectivity index (χ0n) is 17.9. The van der Waals surface area contributed by atoms with Crippen LogP contribution in [-0.2, 0) is 25.4 Å². The van der Waals surface area contributed by atoms with Crippen LogP contribution in [0.2, 0.25) is 10.0 Å². The molecule has 0 saturated heterocycles. The third kappa shape index (κ3) is 3.66. The van der Waals surface area contributed by atoms with Gasteiger partial charge >= 0.3 is 5.69 Å². The Morgan fingerprint density at radius 3 is 2.65 bits per heavy atom. The van der Waals surface area contributed by atoms with Crippen molar-refractivity contribution >= 4 is 57.1 Å². The van der Waals surface area contributed by atoms with E-state index >= 15 is 0 Å². The topological polar surface area (TPSA) is 117 Å². The van der Waals surface area contributed by atoms with Gasteiger partial charge in [-0.2, -0.15) is 0 Å². The summed E-state index contributed by atoms with van der Waals surface area (Å²) < 4.78 is 9.48. The molecule has 0 aliphatic carbocycles. The molecule has 34 heavy (non-hydrogen) atoms. The molecule has 5 rings (SSSR count). The van der Waals surface area contributed by atoms with Gasteiger partial charge in [0, 0.05) is 24.8 Å². The van der Waals surface area contributed by atoms with Crippen LogP contribution >= 0.6 is 23.2 Å². The Kier molecular flexibility index (Phi) is 5.26. The third-order valence-corrected chi connectivity index (χ3v) is 5.90. The summed E-state index contributed by atoms with van der Waals surface area (Å²) in [4.78, 5) is 45.8. The van der Waals surface area contributed by atoms with E-state index in [1.54, 1.807) is 36.4 Å². The zero-order valence-corrected chi connectivity index (χ0v) is 19.4. The molecule has 0 bridgehead atoms. The van der Waals surface area contributed by atoms with E-state index in [4.69, 9.17) is 27.6 Å². The average Bonchev–Trinajstić information content (AvgIpc) is 3.40. The van der Waals surface area contributed by atoms with Crippen molar-refractivity contribution in [3.63, 3.8) is 0 Å². The minimum absolute atomic E-state index is 0.106. The molecule has 0 aliphatic heterocycles. The second-order valence-electron chi connectivity index (χ2n) is 7.62. The van der Waals surface area contributed by atoms with Crippen molar-refractivity contribution in [3.8, 4) is 11.5 Å². The van der Waals surface area contributed by atoms with E-state index in [1.807, 2.05) is 0 Å². The Hall–Kier alpha value is -3.89. The molecule has 5 aromatic rings. The second-order valence-corrected chi connectivity index (χ2v) is 8.47. The van der Waals surface area contributed by atoms with Crippen molar-refractivity contribution in [1.29, 1.82) is 0 Å². The lowest BCUT2D eigenvalue weighted by Crippen LogP contribution is -2.37. The maximum atomic E-state index is 12.7. The molecule has 10 nitrogen and oxygen atoms in total. The van der Waals surface area contributed by atoms with Crippen LogP contribution in [0, 0.1) is 0 Å². The lowest BCUT2D eigenvalue weighted by Gasteiger charge is -2.09. The van der Waals surface area contributed by atoms with E-state index in [0.29, 0.717) is 38.3 Å². The molecule has 0 radical (unpaired) electrons. The predicted molar refractivity (Wildman–Crippen MR) is 128 cm³/mol. The van der Waals surface area contributed by atoms with E-state index < -0.39 is 11.2 Å². The van der Waals surface area contributed by atoms with Crippen LogP contribution < -0.4 is 16.6 Å². The quantitative estimate of drug-likeness (QED) is 0.406. The number of nitrogens with zero attached hydrogens (tertiary/aromatic N) is 5. The number of fused-ring (bicyclic) bond motifs is 2. The number of nitrogens with one attached hydrogen (secondary N) is 1. The molecule has 0 fully saturated rings. The number of amides is 1. The maximum Gasteiger partial charge on any atom is 0.332 e. The van der Waals surface area contributed by atoms with Gasteiger partial charge in [0.05, 0.1) is 16.9 Å². The fourth-order valence-corrected chi connectivity index (χ4v) is 4.18. The van der Waals surface area contributed by atoms with E-state index in [2.05, 4.69) is 15.3 Å².